The van der Waals surface area contributed by atoms with Gasteiger partial charge in [-0.3, -0.25) is 0 Å². The molecule has 94 valence electrons. The SMILES string of the molecule is CCCN1CCC[C@@H](CN2CCCCC2)C1. The highest BCUT2D eigenvalue weighted by Crippen LogP contribution is 2.19. The summed E-state index contributed by atoms with van der Waals surface area (Å²) in [5, 5.41) is 0. The minimum absolute atomic E-state index is 0.957. The molecule has 2 heteroatoms. The predicted octanol–water partition coefficient (Wildman–Crippen LogP) is 2.59. The van der Waals surface area contributed by atoms with E-state index < -0.39 is 0 Å². The fraction of sp³-hybridized carbons (Fsp3) is 1.00. The van der Waals surface area contributed by atoms with E-state index in [1.165, 1.54) is 77.8 Å². The van der Waals surface area contributed by atoms with Crippen LogP contribution in [0.15, 0.2) is 0 Å². The molecule has 0 N–H and O–H groups in total. The van der Waals surface area contributed by atoms with E-state index in [4.69, 9.17) is 0 Å². The van der Waals surface area contributed by atoms with E-state index in [0.29, 0.717) is 0 Å². The minimum atomic E-state index is 0.957. The summed E-state index contributed by atoms with van der Waals surface area (Å²) in [6.45, 7) is 10.4. The Morgan fingerprint density at radius 3 is 2.44 bits per heavy atom. The van der Waals surface area contributed by atoms with Gasteiger partial charge in [0.05, 0.1) is 0 Å². The van der Waals surface area contributed by atoms with Crippen LogP contribution in [0.1, 0.15) is 45.4 Å². The molecule has 0 saturated carbocycles. The third-order valence-corrected chi connectivity index (χ3v) is 4.11. The minimum Gasteiger partial charge on any atom is -0.303 e. The van der Waals surface area contributed by atoms with Crippen molar-refractivity contribution in [3.8, 4) is 0 Å². The summed E-state index contributed by atoms with van der Waals surface area (Å²) >= 11 is 0. The van der Waals surface area contributed by atoms with Gasteiger partial charge in [0.25, 0.3) is 0 Å². The molecule has 0 spiro atoms. The summed E-state index contributed by atoms with van der Waals surface area (Å²) in [4.78, 5) is 5.39. The van der Waals surface area contributed by atoms with Gasteiger partial charge in [-0.2, -0.15) is 0 Å². The molecule has 0 bridgehead atoms. The van der Waals surface area contributed by atoms with Crippen LogP contribution in [0.4, 0.5) is 0 Å². The molecular weight excluding hydrogens is 196 g/mol. The first-order chi connectivity index (χ1) is 7.88. The van der Waals surface area contributed by atoms with E-state index in [2.05, 4.69) is 16.7 Å². The number of hydrogen-bond acceptors (Lipinski definition) is 2. The van der Waals surface area contributed by atoms with Crippen molar-refractivity contribution in [1.29, 1.82) is 0 Å². The summed E-state index contributed by atoms with van der Waals surface area (Å²) in [5.41, 5.74) is 0. The van der Waals surface area contributed by atoms with Crippen molar-refractivity contribution in [2.24, 2.45) is 5.92 Å². The standard InChI is InChI=1S/C14H28N2/c1-2-8-15-11-6-7-14(12-15)13-16-9-4-3-5-10-16/h14H,2-13H2,1H3/t14-/m1/s1. The molecule has 2 aliphatic rings. The average Bonchev–Trinajstić information content (AvgIpc) is 2.31. The van der Waals surface area contributed by atoms with Crippen molar-refractivity contribution >= 4 is 0 Å². The highest BCUT2D eigenvalue weighted by atomic mass is 15.2. The Morgan fingerprint density at radius 1 is 0.938 bits per heavy atom. The number of rotatable bonds is 4. The van der Waals surface area contributed by atoms with Gasteiger partial charge >= 0.3 is 0 Å². The van der Waals surface area contributed by atoms with Gasteiger partial charge in [-0.1, -0.05) is 13.3 Å². The molecule has 0 amide bonds. The quantitative estimate of drug-likeness (QED) is 0.724. The molecule has 0 aromatic heterocycles. The van der Waals surface area contributed by atoms with E-state index in [9.17, 15) is 0 Å². The van der Waals surface area contributed by atoms with Gasteiger partial charge in [-0.05, 0) is 64.2 Å². The van der Waals surface area contributed by atoms with Crippen LogP contribution in [0.3, 0.4) is 0 Å². The van der Waals surface area contributed by atoms with Crippen molar-refractivity contribution in [2.45, 2.75) is 45.4 Å². The first-order valence-electron chi connectivity index (χ1n) is 7.33. The van der Waals surface area contributed by atoms with E-state index in [1.54, 1.807) is 0 Å². The maximum atomic E-state index is 2.71. The van der Waals surface area contributed by atoms with Gasteiger partial charge in [0, 0.05) is 13.1 Å². The lowest BCUT2D eigenvalue weighted by molar-refractivity contribution is 0.122. The normalized spacial score (nSPS) is 29.4. The maximum absolute atomic E-state index is 2.71. The molecule has 2 saturated heterocycles. The van der Waals surface area contributed by atoms with E-state index in [0.717, 1.165) is 5.92 Å². The zero-order valence-electron chi connectivity index (χ0n) is 11.0. The van der Waals surface area contributed by atoms with Gasteiger partial charge in [0.2, 0.25) is 0 Å². The monoisotopic (exact) mass is 224 g/mol. The summed E-state index contributed by atoms with van der Waals surface area (Å²) in [6, 6.07) is 0. The molecule has 2 fully saturated rings. The largest absolute Gasteiger partial charge is 0.303 e. The van der Waals surface area contributed by atoms with Crippen LogP contribution < -0.4 is 0 Å². The third-order valence-electron chi connectivity index (χ3n) is 4.11. The van der Waals surface area contributed by atoms with Crippen molar-refractivity contribution in [3.05, 3.63) is 0 Å². The molecule has 0 aliphatic carbocycles. The Kier molecular flexibility index (Phi) is 5.11. The van der Waals surface area contributed by atoms with Crippen LogP contribution in [0.2, 0.25) is 0 Å². The second kappa shape index (κ2) is 6.61. The van der Waals surface area contributed by atoms with Crippen molar-refractivity contribution in [1.82, 2.24) is 9.80 Å². The van der Waals surface area contributed by atoms with Crippen LogP contribution in [-0.4, -0.2) is 49.1 Å². The molecule has 16 heavy (non-hydrogen) atoms. The fourth-order valence-electron chi connectivity index (χ4n) is 3.33. The highest BCUT2D eigenvalue weighted by Gasteiger charge is 2.22. The molecule has 2 heterocycles. The van der Waals surface area contributed by atoms with Crippen LogP contribution in [-0.2, 0) is 0 Å². The summed E-state index contributed by atoms with van der Waals surface area (Å²) < 4.78 is 0. The van der Waals surface area contributed by atoms with Crippen molar-refractivity contribution in [2.75, 3.05) is 39.3 Å². The Hall–Kier alpha value is -0.0800. The maximum Gasteiger partial charge on any atom is 0.00219 e. The second-order valence-electron chi connectivity index (χ2n) is 5.67. The number of nitrogens with zero attached hydrogens (tertiary/aromatic N) is 2. The van der Waals surface area contributed by atoms with Gasteiger partial charge in [-0.25, -0.2) is 0 Å². The summed E-state index contributed by atoms with van der Waals surface area (Å²) in [5.74, 6) is 0.957. The van der Waals surface area contributed by atoms with Crippen LogP contribution in [0, 0.1) is 5.92 Å². The van der Waals surface area contributed by atoms with Gasteiger partial charge < -0.3 is 9.80 Å². The molecule has 1 atom stereocenters. The molecule has 0 aromatic rings. The Bertz CT molecular complexity index is 185. The molecule has 0 radical (unpaired) electrons. The summed E-state index contributed by atoms with van der Waals surface area (Å²) in [7, 11) is 0. The molecule has 2 rings (SSSR count). The van der Waals surface area contributed by atoms with Crippen LogP contribution >= 0.6 is 0 Å². The van der Waals surface area contributed by atoms with Crippen molar-refractivity contribution < 1.29 is 0 Å². The Morgan fingerprint density at radius 2 is 1.69 bits per heavy atom. The fourth-order valence-corrected chi connectivity index (χ4v) is 3.33. The number of likely N-dealkylation sites (tertiary alicyclic amines) is 2. The van der Waals surface area contributed by atoms with Crippen LogP contribution in [0.5, 0.6) is 0 Å². The van der Waals surface area contributed by atoms with Gasteiger partial charge in [0.1, 0.15) is 0 Å². The average molecular weight is 224 g/mol. The van der Waals surface area contributed by atoms with Crippen molar-refractivity contribution in [3.63, 3.8) is 0 Å². The third kappa shape index (κ3) is 3.74. The van der Waals surface area contributed by atoms with Crippen LogP contribution in [0.25, 0.3) is 0 Å². The zero-order chi connectivity index (χ0) is 11.2. The highest BCUT2D eigenvalue weighted by molar-refractivity contribution is 4.77. The molecule has 2 nitrogen and oxygen atoms in total. The van der Waals surface area contributed by atoms with Gasteiger partial charge in [0.15, 0.2) is 0 Å². The lowest BCUT2D eigenvalue weighted by atomic mass is 9.96. The Labute approximate surface area is 101 Å². The molecule has 0 aromatic carbocycles. The first-order valence-corrected chi connectivity index (χ1v) is 7.33. The lowest BCUT2D eigenvalue weighted by Crippen LogP contribution is -2.42. The molecular formula is C14H28N2. The first kappa shape index (κ1) is 12.4. The smallest absolute Gasteiger partial charge is 0.00219 e. The number of hydrogen-bond donors (Lipinski definition) is 0. The Balaban J connectivity index is 1.71. The molecule has 2 aliphatic heterocycles. The van der Waals surface area contributed by atoms with Gasteiger partial charge in [-0.15, -0.1) is 0 Å². The lowest BCUT2D eigenvalue weighted by Gasteiger charge is -2.36. The molecule has 0 unspecified atom stereocenters. The summed E-state index contributed by atoms with van der Waals surface area (Å²) in [6.07, 6.45) is 8.55. The van der Waals surface area contributed by atoms with E-state index >= 15 is 0 Å². The zero-order valence-corrected chi connectivity index (χ0v) is 11.0. The topological polar surface area (TPSA) is 6.48 Å². The van der Waals surface area contributed by atoms with E-state index in [-0.39, 0.29) is 0 Å². The second-order valence-corrected chi connectivity index (χ2v) is 5.67. The predicted molar refractivity (Wildman–Crippen MR) is 69.7 cm³/mol. The van der Waals surface area contributed by atoms with E-state index in [1.807, 2.05) is 0 Å². The number of piperidine rings is 2.